The summed E-state index contributed by atoms with van der Waals surface area (Å²) in [6.07, 6.45) is 5.68. The van der Waals surface area contributed by atoms with Gasteiger partial charge in [-0.15, -0.1) is 0 Å². The first-order valence-electron chi connectivity index (χ1n) is 11.6. The van der Waals surface area contributed by atoms with Crippen LogP contribution in [-0.2, 0) is 21.4 Å². The van der Waals surface area contributed by atoms with Crippen molar-refractivity contribution in [1.82, 2.24) is 4.90 Å². The first-order valence-corrected chi connectivity index (χ1v) is 12.0. The molecule has 0 aromatic heterocycles. The average molecular weight is 462 g/mol. The summed E-state index contributed by atoms with van der Waals surface area (Å²) in [5.74, 6) is -0.803. The summed E-state index contributed by atoms with van der Waals surface area (Å²) in [6, 6.07) is 6.30. The van der Waals surface area contributed by atoms with Crippen LogP contribution >= 0.6 is 11.6 Å². The Bertz CT molecular complexity index is 876. The maximum atomic E-state index is 13.0. The van der Waals surface area contributed by atoms with E-state index in [2.05, 4.69) is 60.6 Å². The number of carboxylic acids is 1. The molecule has 1 unspecified atom stereocenters. The monoisotopic (exact) mass is 461 g/mol. The minimum Gasteiger partial charge on any atom is -0.481 e. The minimum atomic E-state index is -0.834. The maximum absolute atomic E-state index is 13.0. The number of nitrogens with zero attached hydrogens (tertiary/aromatic N) is 1. The third-order valence-corrected chi connectivity index (χ3v) is 6.54. The number of carbonyl (C=O) groups is 2. The molecule has 1 amide bonds. The summed E-state index contributed by atoms with van der Waals surface area (Å²) in [7, 11) is 0. The summed E-state index contributed by atoms with van der Waals surface area (Å²) in [6.45, 7) is 15.9. The van der Waals surface area contributed by atoms with Crippen LogP contribution in [0.15, 0.2) is 30.0 Å². The van der Waals surface area contributed by atoms with Crippen LogP contribution in [0.4, 0.5) is 0 Å². The van der Waals surface area contributed by atoms with E-state index < -0.39 is 11.4 Å². The zero-order valence-corrected chi connectivity index (χ0v) is 21.6. The number of amides is 1. The number of carboxylic acid groups (broad SMARTS) is 1. The number of halogens is 1. The van der Waals surface area contributed by atoms with Gasteiger partial charge in [0.05, 0.1) is 0 Å². The third kappa shape index (κ3) is 7.37. The second-order valence-corrected chi connectivity index (χ2v) is 12.3. The van der Waals surface area contributed by atoms with Gasteiger partial charge in [0.2, 0.25) is 5.91 Å². The molecule has 1 aromatic rings. The van der Waals surface area contributed by atoms with Crippen LogP contribution in [0.25, 0.3) is 0 Å². The molecule has 0 bridgehead atoms. The van der Waals surface area contributed by atoms with Gasteiger partial charge in [0, 0.05) is 36.0 Å². The van der Waals surface area contributed by atoms with E-state index in [0.29, 0.717) is 19.4 Å². The van der Waals surface area contributed by atoms with Crippen molar-refractivity contribution in [3.8, 4) is 0 Å². The van der Waals surface area contributed by atoms with Crippen molar-refractivity contribution in [2.45, 2.75) is 92.4 Å². The highest BCUT2D eigenvalue weighted by Crippen LogP contribution is 2.45. The molecule has 5 heteroatoms. The molecule has 0 aliphatic carbocycles. The van der Waals surface area contributed by atoms with Gasteiger partial charge >= 0.3 is 5.97 Å². The zero-order valence-electron chi connectivity index (χ0n) is 20.8. The molecule has 1 N–H and O–H groups in total. The molecule has 0 saturated carbocycles. The van der Waals surface area contributed by atoms with Crippen LogP contribution in [0, 0.1) is 10.8 Å². The fourth-order valence-corrected chi connectivity index (χ4v) is 4.49. The van der Waals surface area contributed by atoms with Gasteiger partial charge in [0.25, 0.3) is 0 Å². The molecule has 0 spiro atoms. The highest BCUT2D eigenvalue weighted by molar-refractivity contribution is 6.31. The fourth-order valence-electron chi connectivity index (χ4n) is 4.21. The minimum absolute atomic E-state index is 0.0310. The number of rotatable bonds is 8. The lowest BCUT2D eigenvalue weighted by molar-refractivity contribution is -0.138. The van der Waals surface area contributed by atoms with Crippen molar-refractivity contribution < 1.29 is 14.7 Å². The zero-order chi connectivity index (χ0) is 24.3. The van der Waals surface area contributed by atoms with E-state index in [-0.39, 0.29) is 23.2 Å². The smallest absolute Gasteiger partial charge is 0.303 e. The molecule has 1 heterocycles. The van der Waals surface area contributed by atoms with Crippen molar-refractivity contribution in [3.05, 3.63) is 46.1 Å². The number of aliphatic carboxylic acids is 1. The molecule has 1 aliphatic rings. The summed E-state index contributed by atoms with van der Waals surface area (Å²) in [4.78, 5) is 25.6. The Labute approximate surface area is 199 Å². The second-order valence-electron chi connectivity index (χ2n) is 11.9. The van der Waals surface area contributed by atoms with Gasteiger partial charge in [-0.2, -0.15) is 0 Å². The lowest BCUT2D eigenvalue weighted by atomic mass is 9.67. The summed E-state index contributed by atoms with van der Waals surface area (Å²) in [5.41, 5.74) is 3.27. The number of benzene rings is 1. The first kappa shape index (κ1) is 26.4. The van der Waals surface area contributed by atoms with Crippen molar-refractivity contribution >= 4 is 23.5 Å². The van der Waals surface area contributed by atoms with Gasteiger partial charge in [-0.3, -0.25) is 9.59 Å². The Morgan fingerprint density at radius 2 is 1.81 bits per heavy atom. The Kier molecular flexibility index (Phi) is 8.25. The maximum Gasteiger partial charge on any atom is 0.303 e. The van der Waals surface area contributed by atoms with Crippen molar-refractivity contribution in [3.63, 3.8) is 0 Å². The molecular formula is C27H40ClNO3. The van der Waals surface area contributed by atoms with E-state index >= 15 is 0 Å². The first-order chi connectivity index (χ1) is 14.6. The topological polar surface area (TPSA) is 57.6 Å². The van der Waals surface area contributed by atoms with Gasteiger partial charge in [-0.25, -0.2) is 0 Å². The van der Waals surface area contributed by atoms with Crippen molar-refractivity contribution in [2.24, 2.45) is 10.8 Å². The number of aryl methyl sites for hydroxylation is 1. The molecule has 178 valence electrons. The van der Waals surface area contributed by atoms with Crippen LogP contribution in [0.5, 0.6) is 0 Å². The lowest BCUT2D eigenvalue weighted by Gasteiger charge is -2.41. The highest BCUT2D eigenvalue weighted by atomic mass is 35.5. The Morgan fingerprint density at radius 3 is 2.34 bits per heavy atom. The standard InChI is InChI=1S/C27H40ClNO3/c1-25(2,3)13-12-19-10-11-20(15-22(19)28)27(7)17-23(30)29(14-8-9-24(31)32)18-21(27)16-26(4,5)6/h10-11,15,18H,8-9,12-14,16-17H2,1-7H3,(H,31,32). The van der Waals surface area contributed by atoms with Crippen LogP contribution in [0.1, 0.15) is 91.7 Å². The Hall–Kier alpha value is -1.81. The SMILES string of the molecule is CC(C)(C)CCc1ccc(C2(C)CC(=O)N(CCCC(=O)O)C=C2CC(C)(C)C)cc1Cl. The largest absolute Gasteiger partial charge is 0.481 e. The predicted octanol–water partition coefficient (Wildman–Crippen LogP) is 6.99. The van der Waals surface area contributed by atoms with Gasteiger partial charge in [-0.05, 0) is 59.3 Å². The third-order valence-electron chi connectivity index (χ3n) is 6.19. The Balaban J connectivity index is 2.37. The molecule has 1 aromatic carbocycles. The number of hydrogen-bond donors (Lipinski definition) is 1. The summed E-state index contributed by atoms with van der Waals surface area (Å²) in [5, 5.41) is 9.71. The molecule has 0 fully saturated rings. The summed E-state index contributed by atoms with van der Waals surface area (Å²) < 4.78 is 0. The predicted molar refractivity (Wildman–Crippen MR) is 132 cm³/mol. The van der Waals surface area contributed by atoms with Crippen molar-refractivity contribution in [1.29, 1.82) is 0 Å². The fraction of sp³-hybridized carbons (Fsp3) is 0.630. The normalized spacial score (nSPS) is 19.8. The van der Waals surface area contributed by atoms with Gasteiger partial charge in [0.15, 0.2) is 0 Å². The quantitative estimate of drug-likeness (QED) is 0.453. The molecule has 0 radical (unpaired) electrons. The van der Waals surface area contributed by atoms with E-state index in [1.54, 1.807) is 4.90 Å². The summed E-state index contributed by atoms with van der Waals surface area (Å²) >= 11 is 6.71. The molecule has 32 heavy (non-hydrogen) atoms. The van der Waals surface area contributed by atoms with Gasteiger partial charge in [-0.1, -0.05) is 72.2 Å². The van der Waals surface area contributed by atoms with Gasteiger partial charge < -0.3 is 10.0 Å². The molecular weight excluding hydrogens is 422 g/mol. The van der Waals surface area contributed by atoms with Crippen LogP contribution in [-0.4, -0.2) is 28.4 Å². The molecule has 2 rings (SSSR count). The second kappa shape index (κ2) is 9.99. The number of allylic oxidation sites excluding steroid dienone is 1. The lowest BCUT2D eigenvalue weighted by Crippen LogP contribution is -2.42. The Morgan fingerprint density at radius 1 is 1.16 bits per heavy atom. The van der Waals surface area contributed by atoms with E-state index in [9.17, 15) is 9.59 Å². The number of carbonyl (C=O) groups excluding carboxylic acids is 1. The van der Waals surface area contributed by atoms with Gasteiger partial charge in [0.1, 0.15) is 0 Å². The molecule has 1 aliphatic heterocycles. The molecule has 1 atom stereocenters. The van der Waals surface area contributed by atoms with E-state index in [4.69, 9.17) is 16.7 Å². The highest BCUT2D eigenvalue weighted by Gasteiger charge is 2.40. The van der Waals surface area contributed by atoms with Crippen LogP contribution < -0.4 is 0 Å². The van der Waals surface area contributed by atoms with E-state index in [1.165, 1.54) is 5.57 Å². The van der Waals surface area contributed by atoms with E-state index in [0.717, 1.165) is 35.4 Å². The average Bonchev–Trinajstić information content (AvgIpc) is 2.62. The van der Waals surface area contributed by atoms with Crippen LogP contribution in [0.2, 0.25) is 5.02 Å². The number of hydrogen-bond acceptors (Lipinski definition) is 2. The van der Waals surface area contributed by atoms with Crippen LogP contribution in [0.3, 0.4) is 0 Å². The van der Waals surface area contributed by atoms with Crippen molar-refractivity contribution in [2.75, 3.05) is 6.54 Å². The molecule has 0 saturated heterocycles. The van der Waals surface area contributed by atoms with E-state index in [1.807, 2.05) is 12.3 Å². The molecule has 4 nitrogen and oxygen atoms in total.